The van der Waals surface area contributed by atoms with E-state index in [4.69, 9.17) is 0 Å². The van der Waals surface area contributed by atoms with Crippen LogP contribution in [0.3, 0.4) is 0 Å². The van der Waals surface area contributed by atoms with E-state index in [1.54, 1.807) is 0 Å². The minimum absolute atomic E-state index is 0.156. The number of nitrogens with one attached hydrogen (secondary N) is 2. The SMILES string of the molecule is Cc1c(NC(=O)NCCS(=O)C(F)(F)F)cccc1[N+](=O)[O-]. The van der Waals surface area contributed by atoms with Crippen LogP contribution in [0, 0.1) is 17.0 Å². The van der Waals surface area contributed by atoms with Gasteiger partial charge in [0.15, 0.2) is 0 Å². The molecule has 0 heterocycles. The van der Waals surface area contributed by atoms with Crippen LogP contribution < -0.4 is 10.6 Å². The number of nitro groups is 1. The monoisotopic (exact) mass is 339 g/mol. The smallest absolute Gasteiger partial charge is 0.337 e. The first kappa shape index (κ1) is 17.9. The lowest BCUT2D eigenvalue weighted by Gasteiger charge is -2.10. The van der Waals surface area contributed by atoms with Gasteiger partial charge in [0.2, 0.25) is 0 Å². The largest absolute Gasteiger partial charge is 0.471 e. The number of hydrogen-bond acceptors (Lipinski definition) is 4. The van der Waals surface area contributed by atoms with E-state index in [-0.39, 0.29) is 16.9 Å². The molecule has 2 N–H and O–H groups in total. The summed E-state index contributed by atoms with van der Waals surface area (Å²) in [5.74, 6) is -0.773. The van der Waals surface area contributed by atoms with Crippen LogP contribution in [-0.4, -0.2) is 33.0 Å². The van der Waals surface area contributed by atoms with Crippen molar-refractivity contribution < 1.29 is 27.1 Å². The van der Waals surface area contributed by atoms with Crippen molar-refractivity contribution in [3.8, 4) is 0 Å². The molecule has 122 valence electrons. The second-order valence-electron chi connectivity index (χ2n) is 4.08. The zero-order valence-corrected chi connectivity index (χ0v) is 12.1. The number of nitro benzene ring substituents is 1. The Bertz CT molecular complexity index is 607. The molecular formula is C11H12F3N3O4S. The highest BCUT2D eigenvalue weighted by Crippen LogP contribution is 2.24. The van der Waals surface area contributed by atoms with E-state index < -0.39 is 39.6 Å². The van der Waals surface area contributed by atoms with Crippen LogP contribution in [0.25, 0.3) is 0 Å². The number of halogens is 3. The van der Waals surface area contributed by atoms with Gasteiger partial charge in [-0.1, -0.05) is 6.07 Å². The highest BCUT2D eigenvalue weighted by atomic mass is 32.2. The van der Waals surface area contributed by atoms with Crippen molar-refractivity contribution in [3.63, 3.8) is 0 Å². The summed E-state index contributed by atoms with van der Waals surface area (Å²) in [6.07, 6.45) is 0. The summed E-state index contributed by atoms with van der Waals surface area (Å²) in [6.45, 7) is 0.971. The lowest BCUT2D eigenvalue weighted by Crippen LogP contribution is -2.34. The molecule has 1 aromatic carbocycles. The molecule has 0 bridgehead atoms. The van der Waals surface area contributed by atoms with Crippen LogP contribution in [0.1, 0.15) is 5.56 Å². The molecule has 1 rings (SSSR count). The summed E-state index contributed by atoms with van der Waals surface area (Å²) in [6, 6.07) is 3.18. The molecule has 0 radical (unpaired) electrons. The van der Waals surface area contributed by atoms with E-state index in [0.717, 1.165) is 0 Å². The minimum atomic E-state index is -4.82. The molecule has 0 aliphatic heterocycles. The van der Waals surface area contributed by atoms with Gasteiger partial charge in [-0.25, -0.2) is 4.79 Å². The molecule has 1 unspecified atom stereocenters. The predicted molar refractivity (Wildman–Crippen MR) is 73.9 cm³/mol. The van der Waals surface area contributed by atoms with Gasteiger partial charge < -0.3 is 10.6 Å². The second-order valence-corrected chi connectivity index (χ2v) is 5.65. The predicted octanol–water partition coefficient (Wildman–Crippen LogP) is 2.29. The molecule has 0 saturated carbocycles. The van der Waals surface area contributed by atoms with Crippen LogP contribution >= 0.6 is 0 Å². The average molecular weight is 339 g/mol. The Hall–Kier alpha value is -2.17. The molecule has 0 aromatic heterocycles. The van der Waals surface area contributed by atoms with Gasteiger partial charge in [0.05, 0.1) is 16.2 Å². The van der Waals surface area contributed by atoms with Crippen molar-refractivity contribution in [1.29, 1.82) is 0 Å². The third kappa shape index (κ3) is 4.98. The van der Waals surface area contributed by atoms with Crippen LogP contribution in [0.4, 0.5) is 29.3 Å². The number of hydrogen-bond donors (Lipinski definition) is 2. The van der Waals surface area contributed by atoms with Crippen molar-refractivity contribution in [2.75, 3.05) is 17.6 Å². The molecule has 2 amide bonds. The van der Waals surface area contributed by atoms with Crippen molar-refractivity contribution >= 4 is 28.2 Å². The lowest BCUT2D eigenvalue weighted by molar-refractivity contribution is -0.385. The molecule has 1 aromatic rings. The van der Waals surface area contributed by atoms with E-state index in [1.807, 2.05) is 0 Å². The average Bonchev–Trinajstić information content (AvgIpc) is 2.39. The first-order valence-electron chi connectivity index (χ1n) is 5.87. The van der Waals surface area contributed by atoms with Crippen molar-refractivity contribution in [2.45, 2.75) is 12.4 Å². The standard InChI is InChI=1S/C11H12F3N3O4S/c1-7-8(3-2-4-9(7)17(19)20)16-10(18)15-5-6-22(21)11(12,13)14/h2-4H,5-6H2,1H3,(H2,15,16,18). The maximum Gasteiger partial charge on any atom is 0.471 e. The summed E-state index contributed by atoms with van der Waals surface area (Å²) >= 11 is 0. The van der Waals surface area contributed by atoms with E-state index in [2.05, 4.69) is 10.6 Å². The van der Waals surface area contributed by atoms with E-state index >= 15 is 0 Å². The Kier molecular flexibility index (Phi) is 5.85. The fourth-order valence-corrected chi connectivity index (χ4v) is 2.02. The number of urea groups is 1. The van der Waals surface area contributed by atoms with Crippen LogP contribution in [0.2, 0.25) is 0 Å². The number of nitrogens with zero attached hydrogens (tertiary/aromatic N) is 1. The summed E-state index contributed by atoms with van der Waals surface area (Å²) in [5.41, 5.74) is -4.66. The Labute approximate surface area is 125 Å². The number of benzene rings is 1. The Morgan fingerprint density at radius 3 is 2.59 bits per heavy atom. The van der Waals surface area contributed by atoms with Crippen LogP contribution in [0.15, 0.2) is 18.2 Å². The van der Waals surface area contributed by atoms with Crippen LogP contribution in [-0.2, 0) is 10.8 Å². The van der Waals surface area contributed by atoms with Gasteiger partial charge in [-0.15, -0.1) is 0 Å². The van der Waals surface area contributed by atoms with Crippen molar-refractivity contribution in [2.24, 2.45) is 0 Å². The van der Waals surface area contributed by atoms with Gasteiger partial charge in [-0.05, 0) is 13.0 Å². The van der Waals surface area contributed by atoms with Crippen molar-refractivity contribution in [1.82, 2.24) is 5.32 Å². The zero-order valence-electron chi connectivity index (χ0n) is 11.3. The van der Waals surface area contributed by atoms with Gasteiger partial charge in [0, 0.05) is 18.4 Å². The summed E-state index contributed by atoms with van der Waals surface area (Å²) in [7, 11) is -3.05. The molecule has 0 saturated heterocycles. The number of rotatable bonds is 5. The molecule has 0 aliphatic rings. The maximum atomic E-state index is 12.0. The van der Waals surface area contributed by atoms with E-state index in [9.17, 15) is 32.3 Å². The molecular weight excluding hydrogens is 327 g/mol. The Balaban J connectivity index is 2.58. The van der Waals surface area contributed by atoms with Crippen LogP contribution in [0.5, 0.6) is 0 Å². The summed E-state index contributed by atoms with van der Waals surface area (Å²) < 4.78 is 46.7. The number of anilines is 1. The number of carbonyl (C=O) groups is 1. The highest BCUT2D eigenvalue weighted by molar-refractivity contribution is 7.85. The fraction of sp³-hybridized carbons (Fsp3) is 0.364. The minimum Gasteiger partial charge on any atom is -0.337 e. The maximum absolute atomic E-state index is 12.0. The molecule has 1 atom stereocenters. The Morgan fingerprint density at radius 2 is 2.05 bits per heavy atom. The fourth-order valence-electron chi connectivity index (χ4n) is 1.50. The highest BCUT2D eigenvalue weighted by Gasteiger charge is 2.36. The van der Waals surface area contributed by atoms with Gasteiger partial charge >= 0.3 is 11.5 Å². The molecule has 0 spiro atoms. The zero-order chi connectivity index (χ0) is 16.9. The summed E-state index contributed by atoms with van der Waals surface area (Å²) in [5, 5.41) is 15.1. The Morgan fingerprint density at radius 1 is 1.41 bits per heavy atom. The third-order valence-corrected chi connectivity index (χ3v) is 3.67. The van der Waals surface area contributed by atoms with E-state index in [0.29, 0.717) is 0 Å². The first-order chi connectivity index (χ1) is 10.1. The van der Waals surface area contributed by atoms with Crippen molar-refractivity contribution in [3.05, 3.63) is 33.9 Å². The van der Waals surface area contributed by atoms with Gasteiger partial charge in [0.1, 0.15) is 10.8 Å². The summed E-state index contributed by atoms with van der Waals surface area (Å²) in [4.78, 5) is 21.6. The molecule has 0 aliphatic carbocycles. The molecule has 0 fully saturated rings. The number of carbonyl (C=O) groups excluding carboxylic acids is 1. The molecule has 22 heavy (non-hydrogen) atoms. The number of alkyl halides is 3. The van der Waals surface area contributed by atoms with Gasteiger partial charge in [-0.2, -0.15) is 13.2 Å². The van der Waals surface area contributed by atoms with E-state index in [1.165, 1.54) is 25.1 Å². The quantitative estimate of drug-likeness (QED) is 0.635. The second kappa shape index (κ2) is 7.20. The third-order valence-electron chi connectivity index (χ3n) is 2.58. The number of amides is 2. The normalized spacial score (nSPS) is 12.5. The molecule has 7 nitrogen and oxygen atoms in total. The van der Waals surface area contributed by atoms with Gasteiger partial charge in [-0.3, -0.25) is 14.3 Å². The lowest BCUT2D eigenvalue weighted by atomic mass is 10.1. The topological polar surface area (TPSA) is 101 Å². The molecule has 11 heteroatoms. The van der Waals surface area contributed by atoms with Gasteiger partial charge in [0.25, 0.3) is 5.69 Å². The first-order valence-corrected chi connectivity index (χ1v) is 7.19.